The molecule has 0 spiro atoms. The van der Waals surface area contributed by atoms with E-state index in [0.717, 1.165) is 24.6 Å². The lowest BCUT2D eigenvalue weighted by Gasteiger charge is -2.27. The predicted octanol–water partition coefficient (Wildman–Crippen LogP) is 9.41. The van der Waals surface area contributed by atoms with Gasteiger partial charge in [0, 0.05) is 18.3 Å². The minimum atomic E-state index is 0.584. The smallest absolute Gasteiger partial charge is 0.131 e. The van der Waals surface area contributed by atoms with Gasteiger partial charge in [-0.05, 0) is 74.0 Å². The van der Waals surface area contributed by atoms with Gasteiger partial charge in [-0.3, -0.25) is 0 Å². The van der Waals surface area contributed by atoms with Crippen molar-refractivity contribution in [3.8, 4) is 0 Å². The molecule has 0 atom stereocenters. The molecule has 0 radical (unpaired) electrons. The molecule has 0 saturated heterocycles. The topological polar surface area (TPSA) is 25.8 Å². The predicted molar refractivity (Wildman–Crippen MR) is 146 cm³/mol. The Hall–Kier alpha value is -1.70. The Morgan fingerprint density at radius 1 is 0.588 bits per heavy atom. The number of aromatic nitrogens is 2. The molecule has 0 aliphatic heterocycles. The van der Waals surface area contributed by atoms with Crippen LogP contribution in [0, 0.1) is 5.92 Å². The second-order valence-electron chi connectivity index (χ2n) is 10.9. The zero-order chi connectivity index (χ0) is 23.8. The highest BCUT2D eigenvalue weighted by molar-refractivity contribution is 5.24. The van der Waals surface area contributed by atoms with Crippen LogP contribution in [-0.4, -0.2) is 9.97 Å². The highest BCUT2D eigenvalue weighted by atomic mass is 14.9. The van der Waals surface area contributed by atoms with Crippen molar-refractivity contribution in [3.63, 3.8) is 0 Å². The van der Waals surface area contributed by atoms with Crippen LogP contribution in [0.1, 0.15) is 139 Å². The van der Waals surface area contributed by atoms with E-state index in [1.165, 1.54) is 119 Å². The monoisotopic (exact) mass is 462 g/mol. The first-order chi connectivity index (χ1) is 16.8. The van der Waals surface area contributed by atoms with E-state index in [2.05, 4.69) is 50.5 Å². The van der Waals surface area contributed by atoms with Crippen molar-refractivity contribution in [1.82, 2.24) is 9.97 Å². The van der Waals surface area contributed by atoms with E-state index in [1.807, 2.05) is 0 Å². The van der Waals surface area contributed by atoms with Crippen LogP contribution in [0.2, 0.25) is 0 Å². The largest absolute Gasteiger partial charge is 0.241 e. The van der Waals surface area contributed by atoms with E-state index < -0.39 is 0 Å². The van der Waals surface area contributed by atoms with Gasteiger partial charge in [0.25, 0.3) is 0 Å². The molecular weight excluding hydrogens is 412 g/mol. The van der Waals surface area contributed by atoms with Gasteiger partial charge < -0.3 is 0 Å². The lowest BCUT2D eigenvalue weighted by molar-refractivity contribution is 0.297. The van der Waals surface area contributed by atoms with Crippen molar-refractivity contribution in [1.29, 1.82) is 0 Å². The normalized spacial score (nSPS) is 18.3. The molecule has 1 aromatic heterocycles. The van der Waals surface area contributed by atoms with Crippen molar-refractivity contribution in [3.05, 3.63) is 59.2 Å². The minimum absolute atomic E-state index is 0.584. The van der Waals surface area contributed by atoms with Crippen molar-refractivity contribution in [2.24, 2.45) is 5.92 Å². The lowest BCUT2D eigenvalue weighted by atomic mass is 9.79. The second-order valence-corrected chi connectivity index (χ2v) is 10.9. The number of rotatable bonds is 16. The number of aryl methyl sites for hydroxylation is 3. The average Bonchev–Trinajstić information content (AvgIpc) is 2.88. The number of hydrogen-bond donors (Lipinski definition) is 0. The van der Waals surface area contributed by atoms with Crippen molar-refractivity contribution < 1.29 is 0 Å². The zero-order valence-corrected chi connectivity index (χ0v) is 22.2. The van der Waals surface area contributed by atoms with Gasteiger partial charge in [0.15, 0.2) is 0 Å². The Morgan fingerprint density at radius 2 is 1.12 bits per heavy atom. The molecule has 0 N–H and O–H groups in total. The number of unbranched alkanes of at least 4 members (excludes halogenated alkanes) is 8. The molecule has 1 fully saturated rings. The Kier molecular flexibility index (Phi) is 12.7. The van der Waals surface area contributed by atoms with E-state index >= 15 is 0 Å². The summed E-state index contributed by atoms with van der Waals surface area (Å²) >= 11 is 0. The van der Waals surface area contributed by atoms with Crippen LogP contribution < -0.4 is 0 Å². The molecule has 188 valence electrons. The Morgan fingerprint density at radius 3 is 1.76 bits per heavy atom. The minimum Gasteiger partial charge on any atom is -0.241 e. The summed E-state index contributed by atoms with van der Waals surface area (Å²) in [4.78, 5) is 9.57. The average molecular weight is 463 g/mol. The van der Waals surface area contributed by atoms with Gasteiger partial charge in [0.2, 0.25) is 0 Å². The molecule has 1 saturated carbocycles. The van der Waals surface area contributed by atoms with Crippen LogP contribution >= 0.6 is 0 Å². The van der Waals surface area contributed by atoms with Gasteiger partial charge in [0.05, 0.1) is 0 Å². The van der Waals surface area contributed by atoms with E-state index in [4.69, 9.17) is 9.97 Å². The Labute approximate surface area is 210 Å². The SMILES string of the molecule is CCCCCCCCCc1ccc(CCc2cnc(C3CCC(CCCCC)CC3)nc2)cc1. The van der Waals surface area contributed by atoms with Crippen LogP contribution in [0.25, 0.3) is 0 Å². The number of hydrogen-bond acceptors (Lipinski definition) is 2. The van der Waals surface area contributed by atoms with E-state index in [0.29, 0.717) is 5.92 Å². The summed E-state index contributed by atoms with van der Waals surface area (Å²) < 4.78 is 0. The summed E-state index contributed by atoms with van der Waals surface area (Å²) in [6.45, 7) is 4.58. The molecule has 1 aromatic carbocycles. The van der Waals surface area contributed by atoms with Gasteiger partial charge in [0.1, 0.15) is 5.82 Å². The molecule has 2 aromatic rings. The fraction of sp³-hybridized carbons (Fsp3) is 0.688. The summed E-state index contributed by atoms with van der Waals surface area (Å²) in [6.07, 6.45) is 28.1. The van der Waals surface area contributed by atoms with Crippen molar-refractivity contribution >= 4 is 0 Å². The molecule has 1 aliphatic carbocycles. The molecule has 0 unspecified atom stereocenters. The quantitative estimate of drug-likeness (QED) is 0.232. The summed E-state index contributed by atoms with van der Waals surface area (Å²) in [5, 5.41) is 0. The molecular formula is C32H50N2. The van der Waals surface area contributed by atoms with Crippen LogP contribution in [0.15, 0.2) is 36.7 Å². The summed E-state index contributed by atoms with van der Waals surface area (Å²) in [5.41, 5.74) is 4.18. The molecule has 2 nitrogen and oxygen atoms in total. The molecule has 1 aliphatic rings. The van der Waals surface area contributed by atoms with Crippen molar-refractivity contribution in [2.45, 2.75) is 135 Å². The molecule has 34 heavy (non-hydrogen) atoms. The lowest BCUT2D eigenvalue weighted by Crippen LogP contribution is -2.15. The number of benzene rings is 1. The first kappa shape index (κ1) is 26.9. The Balaban J connectivity index is 1.33. The molecule has 0 bridgehead atoms. The molecule has 2 heteroatoms. The fourth-order valence-corrected chi connectivity index (χ4v) is 5.54. The van der Waals surface area contributed by atoms with Gasteiger partial charge in [-0.2, -0.15) is 0 Å². The van der Waals surface area contributed by atoms with Gasteiger partial charge in [-0.25, -0.2) is 9.97 Å². The molecule has 3 rings (SSSR count). The summed E-state index contributed by atoms with van der Waals surface area (Å²) in [5.74, 6) is 2.62. The highest BCUT2D eigenvalue weighted by Crippen LogP contribution is 2.36. The molecule has 1 heterocycles. The van der Waals surface area contributed by atoms with Gasteiger partial charge in [-0.1, -0.05) is 102 Å². The third-order valence-electron chi connectivity index (χ3n) is 7.95. The third-order valence-corrected chi connectivity index (χ3v) is 7.95. The first-order valence-electron chi connectivity index (χ1n) is 14.7. The van der Waals surface area contributed by atoms with Crippen molar-refractivity contribution in [2.75, 3.05) is 0 Å². The summed E-state index contributed by atoms with van der Waals surface area (Å²) in [7, 11) is 0. The van der Waals surface area contributed by atoms with Crippen LogP contribution in [0.3, 0.4) is 0 Å². The maximum atomic E-state index is 4.78. The zero-order valence-electron chi connectivity index (χ0n) is 22.2. The maximum absolute atomic E-state index is 4.78. The van der Waals surface area contributed by atoms with E-state index in [9.17, 15) is 0 Å². The van der Waals surface area contributed by atoms with Gasteiger partial charge in [-0.15, -0.1) is 0 Å². The molecule has 0 amide bonds. The Bertz CT molecular complexity index is 757. The highest BCUT2D eigenvalue weighted by Gasteiger charge is 2.23. The van der Waals surface area contributed by atoms with Crippen LogP contribution in [0.5, 0.6) is 0 Å². The third kappa shape index (κ3) is 9.88. The first-order valence-corrected chi connectivity index (χ1v) is 14.7. The van der Waals surface area contributed by atoms with E-state index in [-0.39, 0.29) is 0 Å². The van der Waals surface area contributed by atoms with Gasteiger partial charge >= 0.3 is 0 Å². The number of nitrogens with zero attached hydrogens (tertiary/aromatic N) is 2. The maximum Gasteiger partial charge on any atom is 0.131 e. The second kappa shape index (κ2) is 16.1. The van der Waals surface area contributed by atoms with Crippen LogP contribution in [-0.2, 0) is 19.3 Å². The summed E-state index contributed by atoms with van der Waals surface area (Å²) in [6, 6.07) is 9.32. The fourth-order valence-electron chi connectivity index (χ4n) is 5.54. The van der Waals surface area contributed by atoms with Crippen LogP contribution in [0.4, 0.5) is 0 Å². The standard InChI is InChI=1S/C32H50N2/c1-3-5-7-8-9-10-12-14-27-15-17-29(18-16-27)19-20-30-25-33-32(34-26-30)31-23-21-28(22-24-31)13-11-6-4-2/h15-18,25-26,28,31H,3-14,19-24H2,1-2H3. The van der Waals surface area contributed by atoms with E-state index in [1.54, 1.807) is 0 Å².